The van der Waals surface area contributed by atoms with E-state index in [0.717, 1.165) is 63.0 Å². The zero-order chi connectivity index (χ0) is 24.5. The maximum atomic E-state index is 12.4. The second kappa shape index (κ2) is 10.1. The standard InChI is InChI=1S/C26H31BN6O3/c27-32(16-17-11-13-35-14-12-17)22-15-23(36-21-3-1-2-4-21)31-33-24(29-30-25(22)33)18-5-7-19(8-6-18)26(34)28-20-9-10-20/h5-8,15,17,20-21H,1-4,9-14,16H2,(H,28,34). The number of hydrogen-bond acceptors (Lipinski definition) is 7. The summed E-state index contributed by atoms with van der Waals surface area (Å²) in [5, 5.41) is 16.7. The molecular formula is C26H31BN6O3. The van der Waals surface area contributed by atoms with Gasteiger partial charge in [-0.2, -0.15) is 4.52 Å². The van der Waals surface area contributed by atoms with E-state index in [1.165, 1.54) is 12.8 Å². The maximum Gasteiger partial charge on any atom is 0.251 e. The van der Waals surface area contributed by atoms with Crippen molar-refractivity contribution >= 4 is 25.2 Å². The number of benzene rings is 1. The molecule has 6 rings (SSSR count). The summed E-state index contributed by atoms with van der Waals surface area (Å²) >= 11 is 0. The molecule has 186 valence electrons. The first-order chi connectivity index (χ1) is 17.6. The minimum atomic E-state index is -0.0466. The number of nitrogens with one attached hydrogen (secondary N) is 1. The highest BCUT2D eigenvalue weighted by Crippen LogP contribution is 2.31. The summed E-state index contributed by atoms with van der Waals surface area (Å²) in [6, 6.07) is 9.59. The molecular weight excluding hydrogens is 455 g/mol. The molecule has 1 N–H and O–H groups in total. The Labute approximate surface area is 212 Å². The Morgan fingerprint density at radius 1 is 1.08 bits per heavy atom. The number of anilines is 1. The minimum absolute atomic E-state index is 0.0466. The van der Waals surface area contributed by atoms with Gasteiger partial charge in [0.2, 0.25) is 19.5 Å². The number of hydrogen-bond donors (Lipinski definition) is 1. The Bertz CT molecular complexity index is 1220. The van der Waals surface area contributed by atoms with Crippen molar-refractivity contribution in [2.45, 2.75) is 63.5 Å². The zero-order valence-corrected chi connectivity index (χ0v) is 20.4. The predicted molar refractivity (Wildman–Crippen MR) is 136 cm³/mol. The van der Waals surface area contributed by atoms with Crippen molar-refractivity contribution in [2.24, 2.45) is 5.92 Å². The third kappa shape index (κ3) is 5.05. The van der Waals surface area contributed by atoms with Crippen LogP contribution in [0.1, 0.15) is 61.7 Å². The Morgan fingerprint density at radius 2 is 1.83 bits per heavy atom. The molecule has 36 heavy (non-hydrogen) atoms. The summed E-state index contributed by atoms with van der Waals surface area (Å²) in [4.78, 5) is 14.1. The van der Waals surface area contributed by atoms with Gasteiger partial charge >= 0.3 is 0 Å². The van der Waals surface area contributed by atoms with Gasteiger partial charge in [0.15, 0.2) is 5.82 Å². The molecule has 0 bridgehead atoms. The van der Waals surface area contributed by atoms with Crippen LogP contribution in [0.2, 0.25) is 0 Å². The van der Waals surface area contributed by atoms with Crippen molar-refractivity contribution in [1.82, 2.24) is 25.1 Å². The molecule has 3 fully saturated rings. The van der Waals surface area contributed by atoms with Gasteiger partial charge in [-0.1, -0.05) is 12.1 Å². The first-order valence-corrected chi connectivity index (χ1v) is 13.1. The number of carbonyl (C=O) groups is 1. The van der Waals surface area contributed by atoms with E-state index in [4.69, 9.17) is 22.6 Å². The van der Waals surface area contributed by atoms with Gasteiger partial charge in [0.05, 0.1) is 5.69 Å². The van der Waals surface area contributed by atoms with Crippen LogP contribution in [0.25, 0.3) is 17.0 Å². The summed E-state index contributed by atoms with van der Waals surface area (Å²) in [6.45, 7) is 2.23. The van der Waals surface area contributed by atoms with Crippen LogP contribution in [0, 0.1) is 5.92 Å². The average molecular weight is 486 g/mol. The van der Waals surface area contributed by atoms with Gasteiger partial charge in [-0.05, 0) is 69.4 Å². The van der Waals surface area contributed by atoms with E-state index in [1.54, 1.807) is 9.33 Å². The second-order valence-electron chi connectivity index (χ2n) is 10.2. The third-order valence-electron chi connectivity index (χ3n) is 7.34. The lowest BCUT2D eigenvalue weighted by Crippen LogP contribution is -2.31. The van der Waals surface area contributed by atoms with Crippen LogP contribution in [0.4, 0.5) is 5.69 Å². The highest BCUT2D eigenvalue weighted by Gasteiger charge is 2.25. The van der Waals surface area contributed by atoms with Crippen molar-refractivity contribution in [3.05, 3.63) is 35.9 Å². The lowest BCUT2D eigenvalue weighted by atomic mass is 9.98. The molecule has 3 heterocycles. The fraction of sp³-hybridized carbons (Fsp3) is 0.538. The minimum Gasteiger partial charge on any atom is -0.473 e. The number of nitrogens with zero attached hydrogens (tertiary/aromatic N) is 5. The van der Waals surface area contributed by atoms with Gasteiger partial charge in [0.1, 0.15) is 6.10 Å². The largest absolute Gasteiger partial charge is 0.473 e. The fourth-order valence-corrected chi connectivity index (χ4v) is 5.04. The molecule has 1 aliphatic heterocycles. The van der Waals surface area contributed by atoms with Crippen LogP contribution in [0.3, 0.4) is 0 Å². The lowest BCUT2D eigenvalue weighted by Gasteiger charge is -2.29. The van der Waals surface area contributed by atoms with Crippen LogP contribution >= 0.6 is 0 Å². The number of carbonyl (C=O) groups excluding carboxylic acids is 1. The lowest BCUT2D eigenvalue weighted by molar-refractivity contribution is 0.0691. The second-order valence-corrected chi connectivity index (χ2v) is 10.2. The smallest absolute Gasteiger partial charge is 0.251 e. The van der Waals surface area contributed by atoms with E-state index in [-0.39, 0.29) is 12.0 Å². The highest BCUT2D eigenvalue weighted by molar-refractivity contribution is 6.19. The average Bonchev–Trinajstić information content (AvgIpc) is 3.37. The normalized spacial score (nSPS) is 19.0. The zero-order valence-electron chi connectivity index (χ0n) is 20.4. The van der Waals surface area contributed by atoms with Gasteiger partial charge in [-0.3, -0.25) is 4.79 Å². The van der Waals surface area contributed by atoms with Gasteiger partial charge in [-0.25, -0.2) is 0 Å². The van der Waals surface area contributed by atoms with Crippen molar-refractivity contribution in [3.8, 4) is 17.3 Å². The molecule has 0 unspecified atom stereocenters. The van der Waals surface area contributed by atoms with Gasteiger partial charge in [0, 0.05) is 43.0 Å². The Morgan fingerprint density at radius 3 is 2.56 bits per heavy atom. The predicted octanol–water partition coefficient (Wildman–Crippen LogP) is 3.32. The highest BCUT2D eigenvalue weighted by atomic mass is 16.5. The molecule has 3 aromatic rings. The summed E-state index contributed by atoms with van der Waals surface area (Å²) in [5.74, 6) is 1.51. The Hall–Kier alpha value is -3.14. The van der Waals surface area contributed by atoms with Gasteiger partial charge < -0.3 is 19.6 Å². The van der Waals surface area contributed by atoms with E-state index in [0.29, 0.717) is 41.4 Å². The van der Waals surface area contributed by atoms with Crippen molar-refractivity contribution in [1.29, 1.82) is 0 Å². The first kappa shape index (κ1) is 23.3. The Balaban J connectivity index is 1.32. The van der Waals surface area contributed by atoms with E-state index >= 15 is 0 Å². The van der Waals surface area contributed by atoms with Crippen LogP contribution in [-0.2, 0) is 4.74 Å². The van der Waals surface area contributed by atoms with E-state index < -0.39 is 0 Å². The number of fused-ring (bicyclic) bond motifs is 1. The summed E-state index contributed by atoms with van der Waals surface area (Å²) in [7, 11) is 6.60. The number of aromatic nitrogens is 4. The van der Waals surface area contributed by atoms with Crippen LogP contribution < -0.4 is 14.9 Å². The molecule has 2 radical (unpaired) electrons. The first-order valence-electron chi connectivity index (χ1n) is 13.1. The monoisotopic (exact) mass is 486 g/mol. The molecule has 1 saturated heterocycles. The number of ether oxygens (including phenoxy) is 2. The summed E-state index contributed by atoms with van der Waals surface area (Å²) < 4.78 is 13.5. The van der Waals surface area contributed by atoms with E-state index in [9.17, 15) is 4.79 Å². The molecule has 0 spiro atoms. The van der Waals surface area contributed by atoms with Gasteiger partial charge in [-0.15, -0.1) is 15.3 Å². The van der Waals surface area contributed by atoms with E-state index in [1.807, 2.05) is 30.3 Å². The summed E-state index contributed by atoms with van der Waals surface area (Å²) in [6.07, 6.45) is 8.65. The molecule has 10 heteroatoms. The third-order valence-corrected chi connectivity index (χ3v) is 7.34. The molecule has 3 aliphatic rings. The molecule has 2 saturated carbocycles. The van der Waals surface area contributed by atoms with Crippen LogP contribution in [-0.4, -0.2) is 65.6 Å². The molecule has 2 aliphatic carbocycles. The molecule has 2 aromatic heterocycles. The van der Waals surface area contributed by atoms with Gasteiger partial charge in [0.25, 0.3) is 5.91 Å². The summed E-state index contributed by atoms with van der Waals surface area (Å²) in [5.41, 5.74) is 2.76. The van der Waals surface area contributed by atoms with Crippen LogP contribution in [0.15, 0.2) is 30.3 Å². The number of rotatable bonds is 8. The van der Waals surface area contributed by atoms with Crippen molar-refractivity contribution < 1.29 is 14.3 Å². The quantitative estimate of drug-likeness (QED) is 0.489. The SMILES string of the molecule is [B]N(CC1CCOCC1)c1cc(OC2CCCC2)nn2c(-c3ccc(C(=O)NC4CC4)cc3)nnc12. The van der Waals surface area contributed by atoms with Crippen molar-refractivity contribution in [2.75, 3.05) is 24.6 Å². The topological polar surface area (TPSA) is 93.9 Å². The van der Waals surface area contributed by atoms with Crippen molar-refractivity contribution in [3.63, 3.8) is 0 Å². The maximum absolute atomic E-state index is 12.4. The number of amides is 1. The molecule has 9 nitrogen and oxygen atoms in total. The molecule has 1 amide bonds. The van der Waals surface area contributed by atoms with E-state index in [2.05, 4.69) is 15.5 Å². The van der Waals surface area contributed by atoms with Crippen LogP contribution in [0.5, 0.6) is 5.88 Å². The molecule has 0 atom stereocenters. The fourth-order valence-electron chi connectivity index (χ4n) is 5.04. The Kier molecular flexibility index (Phi) is 6.52. The molecule has 1 aromatic carbocycles.